The summed E-state index contributed by atoms with van der Waals surface area (Å²) in [4.78, 5) is 0. The fourth-order valence-electron chi connectivity index (χ4n) is 1.22. The van der Waals surface area contributed by atoms with E-state index in [-0.39, 0.29) is 0 Å². The van der Waals surface area contributed by atoms with E-state index in [0.717, 1.165) is 11.4 Å². The Bertz CT molecular complexity index is 306. The van der Waals surface area contributed by atoms with Gasteiger partial charge in [0.25, 0.3) is 0 Å². The van der Waals surface area contributed by atoms with Crippen LogP contribution in [0.15, 0.2) is 43.0 Å². The van der Waals surface area contributed by atoms with Crippen LogP contribution in [0.1, 0.15) is 18.9 Å². The molecule has 0 aliphatic rings. The maximum absolute atomic E-state index is 5.80. The average molecular weight is 193 g/mol. The predicted molar refractivity (Wildman–Crippen MR) is 59.9 cm³/mol. The Kier molecular flexibility index (Phi) is 3.78. The van der Waals surface area contributed by atoms with Crippen LogP contribution in [0.2, 0.25) is 5.02 Å². The van der Waals surface area contributed by atoms with Crippen molar-refractivity contribution in [3.8, 4) is 0 Å². The quantitative estimate of drug-likeness (QED) is 0.626. The lowest BCUT2D eigenvalue weighted by atomic mass is 10.0. The number of hydrogen-bond acceptors (Lipinski definition) is 0. The van der Waals surface area contributed by atoms with Crippen LogP contribution in [-0.2, 0) is 0 Å². The Morgan fingerprint density at radius 1 is 1.38 bits per heavy atom. The maximum atomic E-state index is 5.80. The minimum atomic E-state index is 0.776. The van der Waals surface area contributed by atoms with Crippen LogP contribution in [0.4, 0.5) is 0 Å². The molecule has 0 nitrogen and oxygen atoms in total. The summed E-state index contributed by atoms with van der Waals surface area (Å²) < 4.78 is 0. The second kappa shape index (κ2) is 4.88. The number of allylic oxidation sites excluding steroid dienone is 3. The van der Waals surface area contributed by atoms with Crippen molar-refractivity contribution in [2.75, 3.05) is 0 Å². The van der Waals surface area contributed by atoms with Gasteiger partial charge in [0.2, 0.25) is 0 Å². The molecule has 0 N–H and O–H groups in total. The van der Waals surface area contributed by atoms with E-state index in [9.17, 15) is 0 Å². The number of halogens is 1. The van der Waals surface area contributed by atoms with Gasteiger partial charge in [-0.1, -0.05) is 35.9 Å². The lowest BCUT2D eigenvalue weighted by Crippen LogP contribution is -1.81. The topological polar surface area (TPSA) is 0 Å². The molecule has 0 radical (unpaired) electrons. The Morgan fingerprint density at radius 3 is 2.46 bits per heavy atom. The largest absolute Gasteiger partial charge is 0.103 e. The van der Waals surface area contributed by atoms with Gasteiger partial charge >= 0.3 is 0 Å². The van der Waals surface area contributed by atoms with Crippen LogP contribution in [0, 0.1) is 0 Å². The Labute approximate surface area is 84.5 Å². The summed E-state index contributed by atoms with van der Waals surface area (Å²) in [5.74, 6) is 0. The third-order valence-electron chi connectivity index (χ3n) is 1.93. The van der Waals surface area contributed by atoms with Gasteiger partial charge in [-0.15, -0.1) is 6.58 Å². The molecule has 0 aliphatic carbocycles. The van der Waals surface area contributed by atoms with Gasteiger partial charge in [0, 0.05) is 5.02 Å². The van der Waals surface area contributed by atoms with E-state index >= 15 is 0 Å². The van der Waals surface area contributed by atoms with Crippen molar-refractivity contribution >= 4 is 17.2 Å². The van der Waals surface area contributed by atoms with Gasteiger partial charge in [-0.3, -0.25) is 0 Å². The summed E-state index contributed by atoms with van der Waals surface area (Å²) in [6.07, 6.45) is 4.91. The first-order chi connectivity index (χ1) is 6.27. The first-order valence-electron chi connectivity index (χ1n) is 4.30. The molecule has 1 aromatic rings. The average Bonchev–Trinajstić information content (AvgIpc) is 2.16. The highest BCUT2D eigenvalue weighted by atomic mass is 35.5. The molecular weight excluding hydrogens is 180 g/mol. The van der Waals surface area contributed by atoms with Gasteiger partial charge in [-0.2, -0.15) is 0 Å². The third-order valence-corrected chi connectivity index (χ3v) is 2.18. The summed E-state index contributed by atoms with van der Waals surface area (Å²) in [6, 6.07) is 7.87. The van der Waals surface area contributed by atoms with E-state index in [2.05, 4.69) is 12.7 Å². The van der Waals surface area contributed by atoms with E-state index in [0.29, 0.717) is 0 Å². The molecule has 1 heteroatoms. The van der Waals surface area contributed by atoms with E-state index in [1.807, 2.05) is 37.3 Å². The SMILES string of the molecule is C=CC/C(=C/C)c1ccc(Cl)cc1. The normalized spacial score (nSPS) is 11.4. The monoisotopic (exact) mass is 192 g/mol. The van der Waals surface area contributed by atoms with Gasteiger partial charge in [-0.25, -0.2) is 0 Å². The zero-order valence-corrected chi connectivity index (χ0v) is 8.51. The molecule has 1 rings (SSSR count). The van der Waals surface area contributed by atoms with Crippen LogP contribution in [0.5, 0.6) is 0 Å². The molecule has 0 spiro atoms. The van der Waals surface area contributed by atoms with E-state index < -0.39 is 0 Å². The van der Waals surface area contributed by atoms with Crippen LogP contribution in [-0.4, -0.2) is 0 Å². The number of benzene rings is 1. The molecule has 0 aliphatic heterocycles. The van der Waals surface area contributed by atoms with Gasteiger partial charge in [-0.05, 0) is 36.6 Å². The third kappa shape index (κ3) is 2.74. The fourth-order valence-corrected chi connectivity index (χ4v) is 1.35. The lowest BCUT2D eigenvalue weighted by molar-refractivity contribution is 1.38. The Hall–Kier alpha value is -1.01. The minimum absolute atomic E-state index is 0.776. The second-order valence-electron chi connectivity index (χ2n) is 2.81. The second-order valence-corrected chi connectivity index (χ2v) is 3.25. The summed E-state index contributed by atoms with van der Waals surface area (Å²) >= 11 is 5.80. The highest BCUT2D eigenvalue weighted by molar-refractivity contribution is 6.30. The molecule has 0 unspecified atom stereocenters. The molecule has 68 valence electrons. The molecule has 13 heavy (non-hydrogen) atoms. The minimum Gasteiger partial charge on any atom is -0.103 e. The van der Waals surface area contributed by atoms with E-state index in [1.165, 1.54) is 11.1 Å². The summed E-state index contributed by atoms with van der Waals surface area (Å²) in [6.45, 7) is 5.76. The van der Waals surface area contributed by atoms with Gasteiger partial charge in [0.05, 0.1) is 0 Å². The zero-order chi connectivity index (χ0) is 9.68. The maximum Gasteiger partial charge on any atom is 0.0406 e. The van der Waals surface area contributed by atoms with Crippen molar-refractivity contribution in [3.05, 3.63) is 53.6 Å². The highest BCUT2D eigenvalue weighted by Gasteiger charge is 1.97. The molecule has 0 saturated heterocycles. The molecular formula is C12H13Cl. The van der Waals surface area contributed by atoms with Crippen molar-refractivity contribution < 1.29 is 0 Å². The van der Waals surface area contributed by atoms with Gasteiger partial charge in [0.15, 0.2) is 0 Å². The standard InChI is InChI=1S/C12H13Cl/c1-3-5-10(4-2)11-6-8-12(13)9-7-11/h3-4,6-9H,1,5H2,2H3/b10-4-. The van der Waals surface area contributed by atoms with Crippen LogP contribution in [0.3, 0.4) is 0 Å². The number of rotatable bonds is 3. The summed E-state index contributed by atoms with van der Waals surface area (Å²) in [7, 11) is 0. The van der Waals surface area contributed by atoms with Crippen molar-refractivity contribution in [2.24, 2.45) is 0 Å². The first kappa shape index (κ1) is 10.1. The van der Waals surface area contributed by atoms with Gasteiger partial charge in [0.1, 0.15) is 0 Å². The summed E-state index contributed by atoms with van der Waals surface area (Å²) in [5.41, 5.74) is 2.50. The lowest BCUT2D eigenvalue weighted by Gasteiger charge is -2.03. The van der Waals surface area contributed by atoms with Crippen LogP contribution < -0.4 is 0 Å². The Morgan fingerprint density at radius 2 is 2.00 bits per heavy atom. The summed E-state index contributed by atoms with van der Waals surface area (Å²) in [5, 5.41) is 0.776. The predicted octanol–water partition coefficient (Wildman–Crippen LogP) is 4.32. The number of hydrogen-bond donors (Lipinski definition) is 0. The smallest absolute Gasteiger partial charge is 0.0406 e. The van der Waals surface area contributed by atoms with E-state index in [1.54, 1.807) is 0 Å². The van der Waals surface area contributed by atoms with Crippen molar-refractivity contribution in [3.63, 3.8) is 0 Å². The Balaban J connectivity index is 2.92. The molecule has 0 saturated carbocycles. The first-order valence-corrected chi connectivity index (χ1v) is 4.67. The molecule has 0 bridgehead atoms. The molecule has 0 fully saturated rings. The molecule has 0 amide bonds. The van der Waals surface area contributed by atoms with Gasteiger partial charge < -0.3 is 0 Å². The molecule has 0 aromatic heterocycles. The molecule has 0 atom stereocenters. The van der Waals surface area contributed by atoms with Crippen molar-refractivity contribution in [1.29, 1.82) is 0 Å². The molecule has 1 aromatic carbocycles. The van der Waals surface area contributed by atoms with Crippen LogP contribution in [0.25, 0.3) is 5.57 Å². The van der Waals surface area contributed by atoms with E-state index in [4.69, 9.17) is 11.6 Å². The highest BCUT2D eigenvalue weighted by Crippen LogP contribution is 2.20. The van der Waals surface area contributed by atoms with Crippen molar-refractivity contribution in [1.82, 2.24) is 0 Å². The zero-order valence-electron chi connectivity index (χ0n) is 7.76. The fraction of sp³-hybridized carbons (Fsp3) is 0.167. The van der Waals surface area contributed by atoms with Crippen molar-refractivity contribution in [2.45, 2.75) is 13.3 Å². The molecule has 0 heterocycles. The van der Waals surface area contributed by atoms with Crippen LogP contribution >= 0.6 is 11.6 Å².